The number of hydrogen-bond acceptors (Lipinski definition) is 4. The lowest BCUT2D eigenvalue weighted by Gasteiger charge is -2.29. The maximum atomic E-state index is 12.2. The number of carbonyl (C=O) groups excluding carboxylic acids is 2. The Kier molecular flexibility index (Phi) is 8.18. The molecule has 2 rings (SSSR count). The Morgan fingerprint density at radius 2 is 1.96 bits per heavy atom. The van der Waals surface area contributed by atoms with Crippen molar-refractivity contribution in [1.29, 1.82) is 0 Å². The number of benzene rings is 1. The minimum absolute atomic E-state index is 0. The summed E-state index contributed by atoms with van der Waals surface area (Å²) in [6.07, 6.45) is -0.127. The van der Waals surface area contributed by atoms with Gasteiger partial charge in [-0.05, 0) is 24.6 Å². The molecular formula is C17H26ClN3O3. The van der Waals surface area contributed by atoms with E-state index in [9.17, 15) is 9.59 Å². The summed E-state index contributed by atoms with van der Waals surface area (Å²) in [6.45, 7) is 7.36. The fraction of sp³-hybridized carbons (Fsp3) is 0.529. The van der Waals surface area contributed by atoms with Gasteiger partial charge in [0.15, 0.2) is 0 Å². The van der Waals surface area contributed by atoms with Crippen molar-refractivity contribution in [2.45, 2.75) is 39.5 Å². The first-order chi connectivity index (χ1) is 11.0. The summed E-state index contributed by atoms with van der Waals surface area (Å²) < 4.78 is 5.47. The minimum Gasteiger partial charge on any atom is -0.375 e. The molecule has 1 aromatic rings. The van der Waals surface area contributed by atoms with E-state index in [4.69, 9.17) is 4.74 Å². The van der Waals surface area contributed by atoms with E-state index in [1.165, 1.54) is 0 Å². The molecule has 6 nitrogen and oxygen atoms in total. The SMILES string of the molecule is CC(C)C(=O)Nc1ccc(CNC(=O)[C@H]2NCCO[C@@H]2C)cc1.Cl. The summed E-state index contributed by atoms with van der Waals surface area (Å²) in [6, 6.07) is 7.15. The lowest BCUT2D eigenvalue weighted by molar-refractivity contribution is -0.129. The molecule has 1 heterocycles. The molecule has 0 spiro atoms. The molecule has 3 N–H and O–H groups in total. The standard InChI is InChI=1S/C17H25N3O3.ClH/c1-11(2)16(21)20-14-6-4-13(5-7-14)10-19-17(22)15-12(3)23-9-8-18-15;/h4-7,11-12,15,18H,8-10H2,1-3H3,(H,19,22)(H,20,21);1H/t12-,15+;/m1./s1. The molecule has 0 radical (unpaired) electrons. The van der Waals surface area contributed by atoms with Gasteiger partial charge in [0.2, 0.25) is 11.8 Å². The maximum absolute atomic E-state index is 12.2. The van der Waals surface area contributed by atoms with Crippen LogP contribution in [0.1, 0.15) is 26.3 Å². The Morgan fingerprint density at radius 1 is 1.29 bits per heavy atom. The predicted octanol–water partition coefficient (Wildman–Crippen LogP) is 1.70. The Bertz CT molecular complexity index is 549. The van der Waals surface area contributed by atoms with E-state index >= 15 is 0 Å². The summed E-state index contributed by atoms with van der Waals surface area (Å²) in [5.41, 5.74) is 1.74. The summed E-state index contributed by atoms with van der Waals surface area (Å²) in [4.78, 5) is 23.8. The summed E-state index contributed by atoms with van der Waals surface area (Å²) in [5, 5.41) is 8.91. The zero-order valence-electron chi connectivity index (χ0n) is 14.3. The van der Waals surface area contributed by atoms with Gasteiger partial charge in [-0.3, -0.25) is 9.59 Å². The Balaban J connectivity index is 0.00000288. The first-order valence-electron chi connectivity index (χ1n) is 8.00. The van der Waals surface area contributed by atoms with Crippen LogP contribution in [0.3, 0.4) is 0 Å². The number of ether oxygens (including phenoxy) is 1. The number of halogens is 1. The van der Waals surface area contributed by atoms with Crippen LogP contribution in [0.25, 0.3) is 0 Å². The highest BCUT2D eigenvalue weighted by molar-refractivity contribution is 5.92. The summed E-state index contributed by atoms with van der Waals surface area (Å²) in [5.74, 6) is -0.126. The molecule has 24 heavy (non-hydrogen) atoms. The Labute approximate surface area is 149 Å². The van der Waals surface area contributed by atoms with Gasteiger partial charge in [-0.2, -0.15) is 0 Å². The van der Waals surface area contributed by atoms with E-state index in [1.54, 1.807) is 0 Å². The molecule has 0 saturated carbocycles. The molecule has 0 aliphatic carbocycles. The molecule has 0 unspecified atom stereocenters. The van der Waals surface area contributed by atoms with Crippen molar-refractivity contribution in [2.75, 3.05) is 18.5 Å². The molecule has 1 saturated heterocycles. The van der Waals surface area contributed by atoms with Gasteiger partial charge in [-0.25, -0.2) is 0 Å². The van der Waals surface area contributed by atoms with Crippen molar-refractivity contribution in [3.8, 4) is 0 Å². The van der Waals surface area contributed by atoms with Gasteiger partial charge in [-0.15, -0.1) is 12.4 Å². The van der Waals surface area contributed by atoms with Crippen molar-refractivity contribution in [3.63, 3.8) is 0 Å². The number of amides is 2. The third kappa shape index (κ3) is 5.78. The molecule has 1 aliphatic heterocycles. The van der Waals surface area contributed by atoms with Crippen LogP contribution in [0, 0.1) is 5.92 Å². The van der Waals surface area contributed by atoms with Crippen LogP contribution < -0.4 is 16.0 Å². The van der Waals surface area contributed by atoms with Crippen LogP contribution in [-0.2, 0) is 20.9 Å². The molecule has 2 atom stereocenters. The third-order valence-corrected chi connectivity index (χ3v) is 3.81. The number of anilines is 1. The van der Waals surface area contributed by atoms with E-state index in [-0.39, 0.29) is 42.3 Å². The van der Waals surface area contributed by atoms with E-state index in [2.05, 4.69) is 16.0 Å². The average Bonchev–Trinajstić information content (AvgIpc) is 2.54. The highest BCUT2D eigenvalue weighted by Gasteiger charge is 2.27. The normalized spacial score (nSPS) is 20.2. The number of nitrogens with one attached hydrogen (secondary N) is 3. The van der Waals surface area contributed by atoms with Gasteiger partial charge in [0.25, 0.3) is 0 Å². The molecule has 0 aromatic heterocycles. The molecule has 1 fully saturated rings. The first-order valence-corrected chi connectivity index (χ1v) is 8.00. The number of carbonyl (C=O) groups is 2. The first kappa shape index (κ1) is 20.4. The lowest BCUT2D eigenvalue weighted by atomic mass is 10.1. The number of morpholine rings is 1. The molecular weight excluding hydrogens is 330 g/mol. The van der Waals surface area contributed by atoms with Crippen LogP contribution in [0.5, 0.6) is 0 Å². The monoisotopic (exact) mass is 355 g/mol. The number of rotatable bonds is 5. The van der Waals surface area contributed by atoms with Crippen LogP contribution in [0.2, 0.25) is 0 Å². The van der Waals surface area contributed by atoms with Crippen LogP contribution in [0.15, 0.2) is 24.3 Å². The molecule has 134 valence electrons. The van der Waals surface area contributed by atoms with Gasteiger partial charge in [0, 0.05) is 24.7 Å². The quantitative estimate of drug-likeness (QED) is 0.751. The Hall–Kier alpha value is -1.63. The van der Waals surface area contributed by atoms with Crippen molar-refractivity contribution >= 4 is 29.9 Å². The molecule has 2 amide bonds. The van der Waals surface area contributed by atoms with Gasteiger partial charge < -0.3 is 20.7 Å². The molecule has 1 aromatic carbocycles. The summed E-state index contributed by atoms with van der Waals surface area (Å²) in [7, 11) is 0. The fourth-order valence-electron chi connectivity index (χ4n) is 2.32. The molecule has 7 heteroatoms. The van der Waals surface area contributed by atoms with Crippen molar-refractivity contribution < 1.29 is 14.3 Å². The fourth-order valence-corrected chi connectivity index (χ4v) is 2.32. The average molecular weight is 356 g/mol. The highest BCUT2D eigenvalue weighted by Crippen LogP contribution is 2.11. The van der Waals surface area contributed by atoms with Crippen molar-refractivity contribution in [1.82, 2.24) is 10.6 Å². The zero-order valence-corrected chi connectivity index (χ0v) is 15.1. The summed E-state index contributed by atoms with van der Waals surface area (Å²) >= 11 is 0. The van der Waals surface area contributed by atoms with E-state index in [0.29, 0.717) is 19.7 Å². The van der Waals surface area contributed by atoms with Crippen molar-refractivity contribution in [2.24, 2.45) is 5.92 Å². The maximum Gasteiger partial charge on any atom is 0.240 e. The largest absolute Gasteiger partial charge is 0.375 e. The van der Waals surface area contributed by atoms with Crippen molar-refractivity contribution in [3.05, 3.63) is 29.8 Å². The smallest absolute Gasteiger partial charge is 0.240 e. The van der Waals surface area contributed by atoms with Crippen LogP contribution >= 0.6 is 12.4 Å². The molecule has 0 bridgehead atoms. The number of hydrogen-bond donors (Lipinski definition) is 3. The Morgan fingerprint density at radius 3 is 2.54 bits per heavy atom. The second-order valence-electron chi connectivity index (χ2n) is 6.07. The van der Waals surface area contributed by atoms with Crippen LogP contribution in [-0.4, -0.2) is 37.1 Å². The second-order valence-corrected chi connectivity index (χ2v) is 6.07. The topological polar surface area (TPSA) is 79.5 Å². The van der Waals surface area contributed by atoms with E-state index in [0.717, 1.165) is 11.3 Å². The van der Waals surface area contributed by atoms with Gasteiger partial charge >= 0.3 is 0 Å². The highest BCUT2D eigenvalue weighted by atomic mass is 35.5. The third-order valence-electron chi connectivity index (χ3n) is 3.81. The zero-order chi connectivity index (χ0) is 16.8. The van der Waals surface area contributed by atoms with Gasteiger partial charge in [0.05, 0.1) is 12.7 Å². The van der Waals surface area contributed by atoms with Gasteiger partial charge in [0.1, 0.15) is 6.04 Å². The lowest BCUT2D eigenvalue weighted by Crippen LogP contribution is -2.55. The predicted molar refractivity (Wildman–Crippen MR) is 96.2 cm³/mol. The van der Waals surface area contributed by atoms with E-state index in [1.807, 2.05) is 45.0 Å². The second kappa shape index (κ2) is 9.61. The molecule has 1 aliphatic rings. The minimum atomic E-state index is -0.312. The van der Waals surface area contributed by atoms with E-state index < -0.39 is 0 Å². The van der Waals surface area contributed by atoms with Gasteiger partial charge in [-0.1, -0.05) is 26.0 Å². The van der Waals surface area contributed by atoms with Crippen LogP contribution in [0.4, 0.5) is 5.69 Å².